The SMILES string of the molecule is CCCNC(=O)CN1CCN(C(=O)[C@@H](N)CCSC)CC1. The van der Waals surface area contributed by atoms with Gasteiger partial charge in [0.25, 0.3) is 0 Å². The number of thioether (sulfide) groups is 1. The minimum atomic E-state index is -0.392. The van der Waals surface area contributed by atoms with Gasteiger partial charge in [0.05, 0.1) is 12.6 Å². The van der Waals surface area contributed by atoms with Crippen LogP contribution < -0.4 is 11.1 Å². The van der Waals surface area contributed by atoms with Gasteiger partial charge >= 0.3 is 0 Å². The predicted octanol–water partition coefficient (Wildman–Crippen LogP) is -0.263. The van der Waals surface area contributed by atoms with Crippen LogP contribution in [-0.2, 0) is 9.59 Å². The number of rotatable bonds is 8. The summed E-state index contributed by atoms with van der Waals surface area (Å²) in [5, 5.41) is 2.87. The molecule has 1 aliphatic heterocycles. The number of nitrogens with two attached hydrogens (primary N) is 1. The summed E-state index contributed by atoms with van der Waals surface area (Å²) in [5.41, 5.74) is 5.92. The molecular weight excluding hydrogens is 288 g/mol. The zero-order valence-electron chi connectivity index (χ0n) is 13.1. The van der Waals surface area contributed by atoms with Gasteiger partial charge < -0.3 is 16.0 Å². The van der Waals surface area contributed by atoms with Crippen molar-refractivity contribution in [1.29, 1.82) is 0 Å². The lowest BCUT2D eigenvalue weighted by Crippen LogP contribution is -2.54. The number of nitrogens with one attached hydrogen (secondary N) is 1. The smallest absolute Gasteiger partial charge is 0.239 e. The number of carbonyl (C=O) groups excluding carboxylic acids is 2. The van der Waals surface area contributed by atoms with Gasteiger partial charge in [0.15, 0.2) is 0 Å². The highest BCUT2D eigenvalue weighted by molar-refractivity contribution is 7.98. The van der Waals surface area contributed by atoms with E-state index in [-0.39, 0.29) is 11.8 Å². The quantitative estimate of drug-likeness (QED) is 0.645. The summed E-state index contributed by atoms with van der Waals surface area (Å²) in [5.74, 6) is 1.01. The average Bonchev–Trinajstić information content (AvgIpc) is 2.50. The van der Waals surface area contributed by atoms with E-state index in [4.69, 9.17) is 5.73 Å². The molecule has 0 aromatic carbocycles. The van der Waals surface area contributed by atoms with E-state index < -0.39 is 6.04 Å². The molecule has 0 unspecified atom stereocenters. The lowest BCUT2D eigenvalue weighted by molar-refractivity contribution is -0.134. The van der Waals surface area contributed by atoms with Gasteiger partial charge in [-0.05, 0) is 24.9 Å². The topological polar surface area (TPSA) is 78.7 Å². The third-order valence-corrected chi connectivity index (χ3v) is 4.22. The van der Waals surface area contributed by atoms with Crippen molar-refractivity contribution >= 4 is 23.6 Å². The first-order valence-electron chi connectivity index (χ1n) is 7.60. The van der Waals surface area contributed by atoms with Crippen molar-refractivity contribution in [3.05, 3.63) is 0 Å². The molecule has 1 aliphatic rings. The largest absolute Gasteiger partial charge is 0.355 e. The zero-order chi connectivity index (χ0) is 15.7. The van der Waals surface area contributed by atoms with Gasteiger partial charge in [-0.25, -0.2) is 0 Å². The average molecular weight is 316 g/mol. The third kappa shape index (κ3) is 6.67. The summed E-state index contributed by atoms with van der Waals surface area (Å²) >= 11 is 1.70. The number of hydrogen-bond acceptors (Lipinski definition) is 5. The van der Waals surface area contributed by atoms with Crippen molar-refractivity contribution in [2.24, 2.45) is 5.73 Å². The molecule has 0 radical (unpaired) electrons. The van der Waals surface area contributed by atoms with Crippen LogP contribution in [0.3, 0.4) is 0 Å². The van der Waals surface area contributed by atoms with E-state index in [9.17, 15) is 9.59 Å². The fraction of sp³-hybridized carbons (Fsp3) is 0.857. The van der Waals surface area contributed by atoms with Crippen LogP contribution in [0.15, 0.2) is 0 Å². The zero-order valence-corrected chi connectivity index (χ0v) is 14.0. The lowest BCUT2D eigenvalue weighted by atomic mass is 10.2. The molecule has 6 nitrogen and oxygen atoms in total. The van der Waals surface area contributed by atoms with Crippen molar-refractivity contribution in [2.75, 3.05) is 51.3 Å². The monoisotopic (exact) mass is 316 g/mol. The Balaban J connectivity index is 2.28. The Morgan fingerprint density at radius 2 is 1.95 bits per heavy atom. The second-order valence-corrected chi connectivity index (χ2v) is 6.32. The number of hydrogen-bond donors (Lipinski definition) is 2. The molecule has 122 valence electrons. The van der Waals surface area contributed by atoms with Crippen LogP contribution in [0, 0.1) is 0 Å². The Bertz CT molecular complexity index is 333. The van der Waals surface area contributed by atoms with E-state index in [2.05, 4.69) is 10.2 Å². The molecular formula is C14H28N4O2S. The van der Waals surface area contributed by atoms with E-state index >= 15 is 0 Å². The standard InChI is InChI=1S/C14H28N4O2S/c1-3-5-16-13(19)11-17-6-8-18(9-7-17)14(20)12(15)4-10-21-2/h12H,3-11,15H2,1-2H3,(H,16,19)/t12-/m0/s1. The summed E-state index contributed by atoms with van der Waals surface area (Å²) < 4.78 is 0. The highest BCUT2D eigenvalue weighted by atomic mass is 32.2. The van der Waals surface area contributed by atoms with Crippen LogP contribution in [0.5, 0.6) is 0 Å². The second-order valence-electron chi connectivity index (χ2n) is 5.34. The van der Waals surface area contributed by atoms with Crippen LogP contribution in [0.1, 0.15) is 19.8 Å². The van der Waals surface area contributed by atoms with Crippen LogP contribution in [0.25, 0.3) is 0 Å². The molecule has 1 saturated heterocycles. The van der Waals surface area contributed by atoms with E-state index in [1.165, 1.54) is 0 Å². The Labute approximate surface area is 131 Å². The van der Waals surface area contributed by atoms with Gasteiger partial charge in [0, 0.05) is 32.7 Å². The van der Waals surface area contributed by atoms with Gasteiger partial charge in [-0.1, -0.05) is 6.92 Å². The molecule has 3 N–H and O–H groups in total. The van der Waals surface area contributed by atoms with E-state index in [1.807, 2.05) is 18.1 Å². The van der Waals surface area contributed by atoms with Crippen molar-refractivity contribution < 1.29 is 9.59 Å². The summed E-state index contributed by atoms with van der Waals surface area (Å²) in [7, 11) is 0. The number of carbonyl (C=O) groups is 2. The maximum atomic E-state index is 12.2. The molecule has 0 spiro atoms. The highest BCUT2D eigenvalue weighted by Gasteiger charge is 2.25. The van der Waals surface area contributed by atoms with E-state index in [0.29, 0.717) is 19.6 Å². The maximum absolute atomic E-state index is 12.2. The number of nitrogens with zero attached hydrogens (tertiary/aromatic N) is 2. The molecule has 0 saturated carbocycles. The van der Waals surface area contributed by atoms with E-state index in [1.54, 1.807) is 11.8 Å². The van der Waals surface area contributed by atoms with Gasteiger partial charge in [-0.3, -0.25) is 14.5 Å². The summed E-state index contributed by atoms with van der Waals surface area (Å²) in [6.07, 6.45) is 3.68. The predicted molar refractivity (Wildman–Crippen MR) is 87.3 cm³/mol. The van der Waals surface area contributed by atoms with Crippen molar-refractivity contribution in [3.8, 4) is 0 Å². The molecule has 0 aliphatic carbocycles. The molecule has 21 heavy (non-hydrogen) atoms. The molecule has 7 heteroatoms. The first-order valence-corrected chi connectivity index (χ1v) is 9.00. The second kappa shape index (κ2) is 10.0. The van der Waals surface area contributed by atoms with Gasteiger partial charge in [-0.15, -0.1) is 0 Å². The molecule has 1 rings (SSSR count). The summed E-state index contributed by atoms with van der Waals surface area (Å²) in [6, 6.07) is -0.392. The molecule has 1 atom stereocenters. The Morgan fingerprint density at radius 1 is 1.29 bits per heavy atom. The molecule has 2 amide bonds. The van der Waals surface area contributed by atoms with Gasteiger partial charge in [-0.2, -0.15) is 11.8 Å². The summed E-state index contributed by atoms with van der Waals surface area (Å²) in [6.45, 7) is 5.97. The minimum absolute atomic E-state index is 0.0409. The van der Waals surface area contributed by atoms with Crippen LogP contribution in [0.4, 0.5) is 0 Å². The van der Waals surface area contributed by atoms with Crippen LogP contribution in [-0.4, -0.2) is 78.9 Å². The highest BCUT2D eigenvalue weighted by Crippen LogP contribution is 2.06. The Morgan fingerprint density at radius 3 is 2.52 bits per heavy atom. The van der Waals surface area contributed by atoms with Crippen molar-refractivity contribution in [2.45, 2.75) is 25.8 Å². The molecule has 1 fully saturated rings. The number of amides is 2. The molecule has 0 bridgehead atoms. The lowest BCUT2D eigenvalue weighted by Gasteiger charge is -2.35. The maximum Gasteiger partial charge on any atom is 0.239 e. The minimum Gasteiger partial charge on any atom is -0.355 e. The Kier molecular flexibility index (Phi) is 8.72. The summed E-state index contributed by atoms with van der Waals surface area (Å²) in [4.78, 5) is 27.7. The molecule has 0 aromatic heterocycles. The first kappa shape index (κ1) is 18.3. The number of piperazine rings is 1. The van der Waals surface area contributed by atoms with Crippen LogP contribution >= 0.6 is 11.8 Å². The molecule has 0 aromatic rings. The van der Waals surface area contributed by atoms with Crippen molar-refractivity contribution in [3.63, 3.8) is 0 Å². The Hall–Kier alpha value is -0.790. The van der Waals surface area contributed by atoms with Gasteiger partial charge in [0.2, 0.25) is 11.8 Å². The first-order chi connectivity index (χ1) is 10.1. The van der Waals surface area contributed by atoms with Gasteiger partial charge in [0.1, 0.15) is 0 Å². The fourth-order valence-electron chi connectivity index (χ4n) is 2.25. The third-order valence-electron chi connectivity index (χ3n) is 3.57. The van der Waals surface area contributed by atoms with Crippen molar-refractivity contribution in [1.82, 2.24) is 15.1 Å². The normalized spacial score (nSPS) is 17.6. The molecule has 1 heterocycles. The van der Waals surface area contributed by atoms with Crippen LogP contribution in [0.2, 0.25) is 0 Å². The van der Waals surface area contributed by atoms with E-state index in [0.717, 1.165) is 38.2 Å². The fourth-order valence-corrected chi connectivity index (χ4v) is 2.74.